The van der Waals surface area contributed by atoms with Gasteiger partial charge in [0.15, 0.2) is 11.4 Å². The van der Waals surface area contributed by atoms with E-state index in [4.69, 9.17) is 4.42 Å². The number of nitrogens with zero attached hydrogens (tertiary/aromatic N) is 1. The maximum atomic E-state index is 11.6. The summed E-state index contributed by atoms with van der Waals surface area (Å²) in [7, 11) is 0. The average Bonchev–Trinajstić information content (AvgIpc) is 2.68. The predicted octanol–water partition coefficient (Wildman–Crippen LogP) is 4.09. The van der Waals surface area contributed by atoms with Crippen LogP contribution in [0.4, 0.5) is 0 Å². The zero-order valence-electron chi connectivity index (χ0n) is 11.2. The van der Waals surface area contributed by atoms with Gasteiger partial charge in [0.2, 0.25) is 5.89 Å². The summed E-state index contributed by atoms with van der Waals surface area (Å²) in [5.41, 5.74) is 3.49. The summed E-state index contributed by atoms with van der Waals surface area (Å²) in [4.78, 5) is 15.8. The second-order valence-electron chi connectivity index (χ2n) is 4.52. The van der Waals surface area contributed by atoms with Gasteiger partial charge in [-0.05, 0) is 60.8 Å². The van der Waals surface area contributed by atoms with Crippen molar-refractivity contribution in [2.45, 2.75) is 27.7 Å². The van der Waals surface area contributed by atoms with E-state index in [0.29, 0.717) is 11.1 Å². The second-order valence-corrected chi connectivity index (χ2v) is 5.31. The highest BCUT2D eigenvalue weighted by Crippen LogP contribution is 2.32. The number of aromatic nitrogens is 1. The van der Waals surface area contributed by atoms with Crippen molar-refractivity contribution < 1.29 is 14.3 Å². The molecule has 0 saturated carbocycles. The first-order valence-corrected chi connectivity index (χ1v) is 6.59. The number of carbonyl (C=O) groups excluding carboxylic acids is 1. The van der Waals surface area contributed by atoms with Gasteiger partial charge < -0.3 is 9.52 Å². The molecule has 19 heavy (non-hydrogen) atoms. The van der Waals surface area contributed by atoms with Crippen LogP contribution in [0.1, 0.15) is 30.9 Å². The molecule has 4 nitrogen and oxygen atoms in total. The maximum Gasteiger partial charge on any atom is 0.234 e. The molecule has 100 valence electrons. The lowest BCUT2D eigenvalue weighted by Crippen LogP contribution is -1.99. The molecule has 0 bridgehead atoms. The number of ketones is 1. The first-order valence-electron chi connectivity index (χ1n) is 5.80. The molecule has 0 radical (unpaired) electrons. The lowest BCUT2D eigenvalue weighted by Gasteiger charge is -2.01. The first-order chi connectivity index (χ1) is 8.82. The molecule has 0 aliphatic rings. The lowest BCUT2D eigenvalue weighted by atomic mass is 10.1. The number of aliphatic hydroxyl groups excluding tert-OH is 1. The quantitative estimate of drug-likeness (QED) is 0.668. The first kappa shape index (κ1) is 13.8. The third-order valence-electron chi connectivity index (χ3n) is 3.05. The summed E-state index contributed by atoms with van der Waals surface area (Å²) in [6.45, 7) is 6.76. The van der Waals surface area contributed by atoms with Crippen LogP contribution in [0, 0.1) is 13.8 Å². The minimum Gasteiger partial charge on any atom is -0.512 e. The zero-order chi connectivity index (χ0) is 14.3. The number of aliphatic hydroxyl groups is 1. The van der Waals surface area contributed by atoms with E-state index in [0.717, 1.165) is 15.6 Å². The molecular weight excluding hydrogens is 310 g/mol. The molecule has 0 aliphatic carbocycles. The molecule has 5 heteroatoms. The smallest absolute Gasteiger partial charge is 0.234 e. The number of carbonyl (C=O) groups is 1. The molecule has 1 heterocycles. The van der Waals surface area contributed by atoms with Crippen LogP contribution in [0.5, 0.6) is 0 Å². The Bertz CT molecular complexity index is 709. The zero-order valence-corrected chi connectivity index (χ0v) is 12.8. The molecule has 0 amide bonds. The Hall–Kier alpha value is -1.62. The van der Waals surface area contributed by atoms with Crippen LogP contribution in [0.2, 0.25) is 0 Å². The van der Waals surface area contributed by atoms with Gasteiger partial charge in [0.05, 0.1) is 4.47 Å². The third kappa shape index (κ3) is 2.30. The molecule has 0 atom stereocenters. The second kappa shape index (κ2) is 4.81. The number of hydrogen-bond donors (Lipinski definition) is 1. The molecule has 0 fully saturated rings. The third-order valence-corrected chi connectivity index (χ3v) is 4.01. The molecule has 0 spiro atoms. The fourth-order valence-electron chi connectivity index (χ4n) is 1.91. The number of rotatable bonds is 2. The van der Waals surface area contributed by atoms with Crippen molar-refractivity contribution in [2.24, 2.45) is 0 Å². The van der Waals surface area contributed by atoms with E-state index < -0.39 is 0 Å². The highest BCUT2D eigenvalue weighted by Gasteiger charge is 2.20. The summed E-state index contributed by atoms with van der Waals surface area (Å²) in [5.74, 6) is -0.229. The van der Waals surface area contributed by atoms with Crippen molar-refractivity contribution in [3.8, 4) is 0 Å². The van der Waals surface area contributed by atoms with Crippen LogP contribution in [0.3, 0.4) is 0 Å². The SMILES string of the molecule is CC(=O)C(=C(C)O)c1nc2cc(C)c(C)c(Br)c2o1. The topological polar surface area (TPSA) is 63.3 Å². The van der Waals surface area contributed by atoms with E-state index in [1.54, 1.807) is 0 Å². The van der Waals surface area contributed by atoms with E-state index >= 15 is 0 Å². The van der Waals surface area contributed by atoms with Gasteiger partial charge in [0.1, 0.15) is 16.8 Å². The molecule has 1 aromatic carbocycles. The standard InChI is InChI=1S/C14H14BrNO3/c1-6-5-10-13(12(15)7(6)2)19-14(16-10)11(8(3)17)9(4)18/h5,17H,1-4H3. The number of allylic oxidation sites excluding steroid dienone is 2. The summed E-state index contributed by atoms with van der Waals surface area (Å²) in [6, 6.07) is 1.90. The molecule has 2 aromatic rings. The Morgan fingerprint density at radius 3 is 2.53 bits per heavy atom. The Balaban J connectivity index is 2.76. The van der Waals surface area contributed by atoms with Gasteiger partial charge in [-0.1, -0.05) is 0 Å². The van der Waals surface area contributed by atoms with Crippen LogP contribution in [0.25, 0.3) is 16.7 Å². The van der Waals surface area contributed by atoms with Crippen molar-refractivity contribution in [2.75, 3.05) is 0 Å². The monoisotopic (exact) mass is 323 g/mol. The average molecular weight is 324 g/mol. The van der Waals surface area contributed by atoms with Crippen LogP contribution in [-0.4, -0.2) is 15.9 Å². The highest BCUT2D eigenvalue weighted by atomic mass is 79.9. The number of hydrogen-bond acceptors (Lipinski definition) is 4. The van der Waals surface area contributed by atoms with Crippen LogP contribution < -0.4 is 0 Å². The largest absolute Gasteiger partial charge is 0.512 e. The van der Waals surface area contributed by atoms with Crippen LogP contribution >= 0.6 is 15.9 Å². The van der Waals surface area contributed by atoms with Crippen molar-refractivity contribution in [3.05, 3.63) is 33.3 Å². The van der Waals surface area contributed by atoms with E-state index in [1.165, 1.54) is 13.8 Å². The Labute approximate surface area is 119 Å². The van der Waals surface area contributed by atoms with Gasteiger partial charge in [-0.25, -0.2) is 4.98 Å². The molecule has 1 aromatic heterocycles. The van der Waals surface area contributed by atoms with Gasteiger partial charge >= 0.3 is 0 Å². The molecule has 0 saturated heterocycles. The van der Waals surface area contributed by atoms with E-state index in [2.05, 4.69) is 20.9 Å². The summed E-state index contributed by atoms with van der Waals surface area (Å²) < 4.78 is 6.44. The predicted molar refractivity (Wildman–Crippen MR) is 77.1 cm³/mol. The van der Waals surface area contributed by atoms with Crippen molar-refractivity contribution in [3.63, 3.8) is 0 Å². The van der Waals surface area contributed by atoms with Gasteiger partial charge in [0.25, 0.3) is 0 Å². The number of benzene rings is 1. The molecule has 1 N–H and O–H groups in total. The normalized spacial score (nSPS) is 12.7. The molecule has 2 rings (SSSR count). The van der Waals surface area contributed by atoms with Crippen molar-refractivity contribution in [1.29, 1.82) is 0 Å². The molecule has 0 unspecified atom stereocenters. The fourth-order valence-corrected chi connectivity index (χ4v) is 2.51. The van der Waals surface area contributed by atoms with E-state index in [9.17, 15) is 9.90 Å². The van der Waals surface area contributed by atoms with E-state index in [-0.39, 0.29) is 23.0 Å². The van der Waals surface area contributed by atoms with Crippen LogP contribution in [0.15, 0.2) is 20.7 Å². The number of fused-ring (bicyclic) bond motifs is 1. The number of aryl methyl sites for hydroxylation is 1. The van der Waals surface area contributed by atoms with Gasteiger partial charge in [-0.3, -0.25) is 4.79 Å². The summed E-state index contributed by atoms with van der Waals surface area (Å²) >= 11 is 3.47. The van der Waals surface area contributed by atoms with Gasteiger partial charge in [0, 0.05) is 0 Å². The highest BCUT2D eigenvalue weighted by molar-refractivity contribution is 9.10. The summed E-state index contributed by atoms with van der Waals surface area (Å²) in [5, 5.41) is 9.59. The fraction of sp³-hybridized carbons (Fsp3) is 0.286. The number of oxazole rings is 1. The minimum atomic E-state index is -0.281. The van der Waals surface area contributed by atoms with Crippen molar-refractivity contribution >= 4 is 38.4 Å². The summed E-state index contributed by atoms with van der Waals surface area (Å²) in [6.07, 6.45) is 0. The Morgan fingerprint density at radius 2 is 2.00 bits per heavy atom. The van der Waals surface area contributed by atoms with Gasteiger partial charge in [-0.2, -0.15) is 0 Å². The number of halogens is 1. The van der Waals surface area contributed by atoms with Crippen LogP contribution in [-0.2, 0) is 4.79 Å². The van der Waals surface area contributed by atoms with E-state index in [1.807, 2.05) is 19.9 Å². The molecule has 0 aliphatic heterocycles. The minimum absolute atomic E-state index is 0.0939. The Morgan fingerprint density at radius 1 is 1.37 bits per heavy atom. The van der Waals surface area contributed by atoms with Gasteiger partial charge in [-0.15, -0.1) is 0 Å². The van der Waals surface area contributed by atoms with Crippen molar-refractivity contribution in [1.82, 2.24) is 4.98 Å². The Kier molecular flexibility index (Phi) is 3.49. The maximum absolute atomic E-state index is 11.6. The molecular formula is C14H14BrNO3. The lowest BCUT2D eigenvalue weighted by molar-refractivity contribution is -0.112. The number of Topliss-reactive ketones (excluding diaryl/α,β-unsaturated/α-hetero) is 1.